The van der Waals surface area contributed by atoms with E-state index in [9.17, 15) is 0 Å². The van der Waals surface area contributed by atoms with Gasteiger partial charge in [-0.05, 0) is 45.8 Å². The van der Waals surface area contributed by atoms with Crippen LogP contribution in [0.15, 0.2) is 33.2 Å². The Bertz CT molecular complexity index is 534. The molecule has 0 saturated carbocycles. The maximum absolute atomic E-state index is 6.05. The molecule has 0 aliphatic heterocycles. The molecule has 0 radical (unpaired) electrons. The first-order chi connectivity index (χ1) is 7.99. The van der Waals surface area contributed by atoms with Crippen molar-refractivity contribution in [3.63, 3.8) is 0 Å². The zero-order valence-electron chi connectivity index (χ0n) is 8.18. The Labute approximate surface area is 139 Å². The number of halogens is 5. The second kappa shape index (κ2) is 5.93. The lowest BCUT2D eigenvalue weighted by molar-refractivity contribution is 1.21. The van der Waals surface area contributed by atoms with Gasteiger partial charge in [-0.15, -0.1) is 11.3 Å². The van der Waals surface area contributed by atoms with Crippen LogP contribution in [0.25, 0.3) is 0 Å². The van der Waals surface area contributed by atoms with E-state index in [1.165, 1.54) is 11.3 Å². The molecule has 6 heteroatoms. The van der Waals surface area contributed by atoms with Crippen molar-refractivity contribution in [2.45, 2.75) is 4.83 Å². The molecule has 0 aliphatic carbocycles. The summed E-state index contributed by atoms with van der Waals surface area (Å²) in [6.45, 7) is 0. The Morgan fingerprint density at radius 1 is 1.06 bits per heavy atom. The van der Waals surface area contributed by atoms with Gasteiger partial charge in [0.15, 0.2) is 0 Å². The molecular formula is C11H5Br3Cl2S. The molecule has 2 rings (SSSR count). The van der Waals surface area contributed by atoms with E-state index >= 15 is 0 Å². The molecule has 1 atom stereocenters. The first-order valence-electron chi connectivity index (χ1n) is 4.53. The van der Waals surface area contributed by atoms with Gasteiger partial charge < -0.3 is 0 Å². The minimum atomic E-state index is 0.0735. The summed E-state index contributed by atoms with van der Waals surface area (Å²) in [7, 11) is 0. The Balaban J connectivity index is 2.42. The lowest BCUT2D eigenvalue weighted by Gasteiger charge is -2.10. The molecule has 1 aromatic heterocycles. The highest BCUT2D eigenvalue weighted by atomic mass is 79.9. The second-order valence-corrected chi connectivity index (χ2v) is 8.05. The molecule has 0 N–H and O–H groups in total. The fourth-order valence-corrected chi connectivity index (χ4v) is 4.84. The van der Waals surface area contributed by atoms with Crippen molar-refractivity contribution in [3.05, 3.63) is 53.0 Å². The molecule has 0 nitrogen and oxygen atoms in total. The number of hydrogen-bond acceptors (Lipinski definition) is 1. The van der Waals surface area contributed by atoms with Gasteiger partial charge in [0.1, 0.15) is 4.34 Å². The summed E-state index contributed by atoms with van der Waals surface area (Å²) in [6, 6.07) is 7.74. The van der Waals surface area contributed by atoms with Gasteiger partial charge in [-0.1, -0.05) is 55.1 Å². The number of thiophene rings is 1. The van der Waals surface area contributed by atoms with Crippen molar-refractivity contribution >= 4 is 82.3 Å². The Kier molecular flexibility index (Phi) is 5.01. The summed E-state index contributed by atoms with van der Waals surface area (Å²) in [4.78, 5) is 1.20. The highest BCUT2D eigenvalue weighted by molar-refractivity contribution is 9.11. The molecule has 1 unspecified atom stereocenters. The lowest BCUT2D eigenvalue weighted by atomic mass is 10.1. The van der Waals surface area contributed by atoms with E-state index < -0.39 is 0 Å². The first-order valence-corrected chi connectivity index (χ1v) is 8.60. The molecule has 0 saturated heterocycles. The third-order valence-corrected chi connectivity index (χ3v) is 6.93. The van der Waals surface area contributed by atoms with Crippen LogP contribution in [0, 0.1) is 0 Å². The molecular weight excluding hydrogens is 475 g/mol. The van der Waals surface area contributed by atoms with Gasteiger partial charge in [0.25, 0.3) is 0 Å². The monoisotopic (exact) mass is 476 g/mol. The number of benzene rings is 1. The average Bonchev–Trinajstić information content (AvgIpc) is 2.62. The van der Waals surface area contributed by atoms with E-state index in [-0.39, 0.29) is 4.83 Å². The van der Waals surface area contributed by atoms with E-state index in [1.807, 2.05) is 24.3 Å². The smallest absolute Gasteiger partial charge is 0.107 e. The van der Waals surface area contributed by atoms with E-state index in [1.54, 1.807) is 0 Å². The summed E-state index contributed by atoms with van der Waals surface area (Å²) in [5.41, 5.74) is 1.09. The van der Waals surface area contributed by atoms with Crippen LogP contribution in [0.2, 0.25) is 9.36 Å². The summed E-state index contributed by atoms with van der Waals surface area (Å²) in [5, 5.41) is 0.717. The van der Waals surface area contributed by atoms with Crippen LogP contribution in [0.5, 0.6) is 0 Å². The van der Waals surface area contributed by atoms with Crippen LogP contribution in [0.1, 0.15) is 15.3 Å². The molecule has 0 bridgehead atoms. The largest absolute Gasteiger partial charge is 0.126 e. The average molecular weight is 480 g/mol. The minimum Gasteiger partial charge on any atom is -0.126 e. The Morgan fingerprint density at radius 2 is 1.76 bits per heavy atom. The van der Waals surface area contributed by atoms with Crippen LogP contribution >= 0.6 is 82.3 Å². The number of rotatable bonds is 2. The molecule has 0 aliphatic rings. The van der Waals surface area contributed by atoms with Crippen LogP contribution in [-0.4, -0.2) is 0 Å². The quantitative estimate of drug-likeness (QED) is 0.404. The third kappa shape index (κ3) is 3.28. The van der Waals surface area contributed by atoms with Gasteiger partial charge in [-0.25, -0.2) is 0 Å². The van der Waals surface area contributed by atoms with Gasteiger partial charge >= 0.3 is 0 Å². The van der Waals surface area contributed by atoms with E-state index in [4.69, 9.17) is 23.2 Å². The SMILES string of the molecule is Clc1ccc(Br)c(C(Br)c2cc(Br)c(Cl)s2)c1. The van der Waals surface area contributed by atoms with E-state index in [0.29, 0.717) is 0 Å². The van der Waals surface area contributed by atoms with Crippen LogP contribution in [-0.2, 0) is 0 Å². The molecule has 17 heavy (non-hydrogen) atoms. The highest BCUT2D eigenvalue weighted by Gasteiger charge is 2.17. The topological polar surface area (TPSA) is 0 Å². The van der Waals surface area contributed by atoms with Gasteiger partial charge in [-0.3, -0.25) is 0 Å². The van der Waals surface area contributed by atoms with E-state index in [2.05, 4.69) is 47.8 Å². The van der Waals surface area contributed by atoms with Crippen molar-refractivity contribution in [1.82, 2.24) is 0 Å². The zero-order valence-corrected chi connectivity index (χ0v) is 15.3. The maximum atomic E-state index is 6.05. The molecule has 2 aromatic rings. The summed E-state index contributed by atoms with van der Waals surface area (Å²) in [5.74, 6) is 0. The summed E-state index contributed by atoms with van der Waals surface area (Å²) in [6.07, 6.45) is 0. The van der Waals surface area contributed by atoms with Crippen LogP contribution in [0.3, 0.4) is 0 Å². The maximum Gasteiger partial charge on any atom is 0.107 e. The van der Waals surface area contributed by atoms with Crippen molar-refractivity contribution in [1.29, 1.82) is 0 Å². The van der Waals surface area contributed by atoms with Crippen LogP contribution < -0.4 is 0 Å². The second-order valence-electron chi connectivity index (χ2n) is 3.30. The lowest BCUT2D eigenvalue weighted by Crippen LogP contribution is -1.91. The Hall–Kier alpha value is 0.940. The fourth-order valence-electron chi connectivity index (χ4n) is 1.35. The predicted molar refractivity (Wildman–Crippen MR) is 87.0 cm³/mol. The molecule has 1 aromatic carbocycles. The predicted octanol–water partition coefficient (Wildman–Crippen LogP) is 7.06. The minimum absolute atomic E-state index is 0.0735. The normalized spacial score (nSPS) is 12.8. The Morgan fingerprint density at radius 3 is 2.35 bits per heavy atom. The van der Waals surface area contributed by atoms with Crippen molar-refractivity contribution in [3.8, 4) is 0 Å². The fraction of sp³-hybridized carbons (Fsp3) is 0.0909. The molecule has 0 amide bonds. The molecule has 0 spiro atoms. The summed E-state index contributed by atoms with van der Waals surface area (Å²) < 4.78 is 2.69. The van der Waals surface area contributed by atoms with Crippen molar-refractivity contribution < 1.29 is 0 Å². The van der Waals surface area contributed by atoms with Crippen molar-refractivity contribution in [2.75, 3.05) is 0 Å². The van der Waals surface area contributed by atoms with Gasteiger partial charge in [0.05, 0.1) is 4.83 Å². The third-order valence-electron chi connectivity index (χ3n) is 2.15. The number of hydrogen-bond donors (Lipinski definition) is 0. The number of alkyl halides is 1. The standard InChI is InChI=1S/C11H5Br3Cl2S/c12-7-2-1-5(15)3-6(7)10(14)9-4-8(13)11(16)17-9/h1-4,10H. The van der Waals surface area contributed by atoms with Gasteiger partial charge in [-0.2, -0.15) is 0 Å². The first kappa shape index (κ1) is 14.4. The van der Waals surface area contributed by atoms with Gasteiger partial charge in [0.2, 0.25) is 0 Å². The van der Waals surface area contributed by atoms with Crippen molar-refractivity contribution in [2.24, 2.45) is 0 Å². The van der Waals surface area contributed by atoms with E-state index in [0.717, 1.165) is 28.7 Å². The zero-order chi connectivity index (χ0) is 12.6. The van der Waals surface area contributed by atoms with Gasteiger partial charge in [0, 0.05) is 18.8 Å². The summed E-state index contributed by atoms with van der Waals surface area (Å²) >= 11 is 24.2. The molecule has 90 valence electrons. The highest BCUT2D eigenvalue weighted by Crippen LogP contribution is 2.43. The molecule has 0 fully saturated rings. The molecule has 1 heterocycles. The van der Waals surface area contributed by atoms with Crippen LogP contribution in [0.4, 0.5) is 0 Å².